The zero-order chi connectivity index (χ0) is 20.9. The van der Waals surface area contributed by atoms with E-state index in [9.17, 15) is 9.59 Å². The molecule has 28 heavy (non-hydrogen) atoms. The highest BCUT2D eigenvalue weighted by molar-refractivity contribution is 6.31. The second kappa shape index (κ2) is 9.11. The van der Waals surface area contributed by atoms with Gasteiger partial charge in [0.15, 0.2) is 6.29 Å². The number of aliphatic carboxylic acids is 1. The highest BCUT2D eigenvalue weighted by atomic mass is 35.5. The summed E-state index contributed by atoms with van der Waals surface area (Å²) in [6.45, 7) is 7.55. The van der Waals surface area contributed by atoms with Gasteiger partial charge >= 0.3 is 5.97 Å². The van der Waals surface area contributed by atoms with Crippen LogP contribution in [0.2, 0.25) is 5.02 Å². The average Bonchev–Trinajstić information content (AvgIpc) is 2.61. The SMILES string of the molecule is CC(Cc1ccc(OCc2cc(Cl)cc(C=O)c2OC(C)(C)C)cc1)C(=O)O. The molecule has 1 N–H and O–H groups in total. The number of carbonyl (C=O) groups is 2. The van der Waals surface area contributed by atoms with Crippen LogP contribution in [0.25, 0.3) is 0 Å². The van der Waals surface area contributed by atoms with Crippen molar-refractivity contribution in [2.45, 2.75) is 46.3 Å². The van der Waals surface area contributed by atoms with Crippen LogP contribution < -0.4 is 9.47 Å². The van der Waals surface area contributed by atoms with Gasteiger partial charge in [-0.15, -0.1) is 0 Å². The molecule has 0 spiro atoms. The predicted molar refractivity (Wildman–Crippen MR) is 108 cm³/mol. The maximum atomic E-state index is 11.4. The quantitative estimate of drug-likeness (QED) is 0.614. The van der Waals surface area contributed by atoms with Crippen molar-refractivity contribution < 1.29 is 24.2 Å². The molecule has 2 rings (SSSR count). The number of hydrogen-bond acceptors (Lipinski definition) is 4. The number of ether oxygens (including phenoxy) is 2. The molecule has 0 aliphatic heterocycles. The molecular formula is C22H25ClO5. The van der Waals surface area contributed by atoms with Gasteiger partial charge in [0, 0.05) is 10.6 Å². The van der Waals surface area contributed by atoms with Crippen molar-refractivity contribution in [3.05, 3.63) is 58.1 Å². The van der Waals surface area contributed by atoms with E-state index in [1.807, 2.05) is 32.9 Å². The Hall–Kier alpha value is -2.53. The zero-order valence-corrected chi connectivity index (χ0v) is 17.2. The lowest BCUT2D eigenvalue weighted by molar-refractivity contribution is -0.141. The molecule has 0 heterocycles. The van der Waals surface area contributed by atoms with Crippen molar-refractivity contribution in [3.63, 3.8) is 0 Å². The van der Waals surface area contributed by atoms with Gasteiger partial charge in [0.05, 0.1) is 11.5 Å². The minimum atomic E-state index is -0.821. The maximum Gasteiger partial charge on any atom is 0.306 e. The monoisotopic (exact) mass is 404 g/mol. The Morgan fingerprint density at radius 3 is 2.39 bits per heavy atom. The van der Waals surface area contributed by atoms with E-state index in [0.29, 0.717) is 34.1 Å². The van der Waals surface area contributed by atoms with E-state index in [2.05, 4.69) is 0 Å². The van der Waals surface area contributed by atoms with Crippen LogP contribution in [0, 0.1) is 5.92 Å². The van der Waals surface area contributed by atoms with Gasteiger partial charge in [0.1, 0.15) is 23.7 Å². The van der Waals surface area contributed by atoms with Gasteiger partial charge < -0.3 is 14.6 Å². The molecule has 0 aromatic heterocycles. The molecule has 0 radical (unpaired) electrons. The van der Waals surface area contributed by atoms with Crippen LogP contribution in [0.5, 0.6) is 11.5 Å². The summed E-state index contributed by atoms with van der Waals surface area (Å²) in [6, 6.07) is 10.6. The summed E-state index contributed by atoms with van der Waals surface area (Å²) in [4.78, 5) is 22.4. The molecular weight excluding hydrogens is 380 g/mol. The molecule has 0 fully saturated rings. The van der Waals surface area contributed by atoms with Crippen molar-refractivity contribution in [1.82, 2.24) is 0 Å². The Balaban J connectivity index is 2.16. The molecule has 1 atom stereocenters. The van der Waals surface area contributed by atoms with Crippen LogP contribution in [-0.4, -0.2) is 23.0 Å². The molecule has 0 saturated carbocycles. The summed E-state index contributed by atoms with van der Waals surface area (Å²) in [5.41, 5.74) is 1.49. The number of carboxylic acid groups (broad SMARTS) is 1. The molecule has 2 aromatic rings. The van der Waals surface area contributed by atoms with Crippen LogP contribution in [0.15, 0.2) is 36.4 Å². The lowest BCUT2D eigenvalue weighted by Gasteiger charge is -2.24. The standard InChI is InChI=1S/C22H25ClO5/c1-14(21(25)26)9-15-5-7-19(8-6-15)27-13-17-11-18(23)10-16(12-24)20(17)28-22(2,3)4/h5-8,10-12,14H,9,13H2,1-4H3,(H,25,26). The molecule has 150 valence electrons. The first kappa shape index (κ1) is 21.8. The summed E-state index contributed by atoms with van der Waals surface area (Å²) in [5.74, 6) is -0.185. The van der Waals surface area contributed by atoms with Gasteiger partial charge in [-0.3, -0.25) is 9.59 Å². The van der Waals surface area contributed by atoms with E-state index in [-0.39, 0.29) is 6.61 Å². The summed E-state index contributed by atoms with van der Waals surface area (Å²) < 4.78 is 11.8. The first-order valence-corrected chi connectivity index (χ1v) is 9.38. The Labute approximate surface area is 170 Å². The fourth-order valence-corrected chi connectivity index (χ4v) is 2.87. The number of aldehydes is 1. The molecule has 0 aliphatic rings. The van der Waals surface area contributed by atoms with Crippen LogP contribution in [0.1, 0.15) is 49.2 Å². The number of hydrogen-bond donors (Lipinski definition) is 1. The Bertz CT molecular complexity index is 837. The van der Waals surface area contributed by atoms with Crippen LogP contribution in [-0.2, 0) is 17.8 Å². The van der Waals surface area contributed by atoms with Crippen molar-refractivity contribution in [2.75, 3.05) is 0 Å². The van der Waals surface area contributed by atoms with E-state index >= 15 is 0 Å². The fourth-order valence-electron chi connectivity index (χ4n) is 2.62. The molecule has 5 nitrogen and oxygen atoms in total. The average molecular weight is 405 g/mol. The van der Waals surface area contributed by atoms with Crippen molar-refractivity contribution >= 4 is 23.9 Å². The number of carbonyl (C=O) groups excluding carboxylic acids is 1. The lowest BCUT2D eigenvalue weighted by Crippen LogP contribution is -2.24. The van der Waals surface area contributed by atoms with Crippen LogP contribution >= 0.6 is 11.6 Å². The molecule has 0 aliphatic carbocycles. The van der Waals surface area contributed by atoms with E-state index in [1.54, 1.807) is 31.2 Å². The highest BCUT2D eigenvalue weighted by Gasteiger charge is 2.19. The van der Waals surface area contributed by atoms with Gasteiger partial charge in [-0.05, 0) is 57.0 Å². The summed E-state index contributed by atoms with van der Waals surface area (Å²) in [7, 11) is 0. The summed E-state index contributed by atoms with van der Waals surface area (Å²) in [5, 5.41) is 9.44. The Morgan fingerprint density at radius 2 is 1.86 bits per heavy atom. The van der Waals surface area contributed by atoms with Gasteiger partial charge in [-0.25, -0.2) is 0 Å². The number of carboxylic acids is 1. The Morgan fingerprint density at radius 1 is 1.21 bits per heavy atom. The van der Waals surface area contributed by atoms with E-state index in [4.69, 9.17) is 26.2 Å². The maximum absolute atomic E-state index is 11.4. The minimum absolute atomic E-state index is 0.178. The first-order valence-electron chi connectivity index (χ1n) is 9.00. The topological polar surface area (TPSA) is 72.8 Å². The lowest BCUT2D eigenvalue weighted by atomic mass is 10.0. The Kier molecular flexibility index (Phi) is 7.08. The van der Waals surface area contributed by atoms with Crippen molar-refractivity contribution in [2.24, 2.45) is 5.92 Å². The third kappa shape index (κ3) is 6.27. The predicted octanol–water partition coefficient (Wildman–Crippen LogP) is 5.17. The van der Waals surface area contributed by atoms with Crippen molar-refractivity contribution in [3.8, 4) is 11.5 Å². The van der Waals surface area contributed by atoms with E-state index in [1.165, 1.54) is 0 Å². The van der Waals surface area contributed by atoms with E-state index in [0.717, 1.165) is 11.8 Å². The minimum Gasteiger partial charge on any atom is -0.489 e. The van der Waals surface area contributed by atoms with Crippen LogP contribution in [0.4, 0.5) is 0 Å². The van der Waals surface area contributed by atoms with Gasteiger partial charge in [-0.1, -0.05) is 30.7 Å². The largest absolute Gasteiger partial charge is 0.489 e. The van der Waals surface area contributed by atoms with Crippen LogP contribution in [0.3, 0.4) is 0 Å². The fraction of sp³-hybridized carbons (Fsp3) is 0.364. The number of rotatable bonds is 8. The highest BCUT2D eigenvalue weighted by Crippen LogP contribution is 2.31. The summed E-state index contributed by atoms with van der Waals surface area (Å²) in [6.07, 6.45) is 1.17. The van der Waals surface area contributed by atoms with Crippen molar-refractivity contribution in [1.29, 1.82) is 0 Å². The zero-order valence-electron chi connectivity index (χ0n) is 16.5. The normalized spacial score (nSPS) is 12.3. The first-order chi connectivity index (χ1) is 13.1. The molecule has 1 unspecified atom stereocenters. The second-order valence-corrected chi connectivity index (χ2v) is 8.13. The second-order valence-electron chi connectivity index (χ2n) is 7.69. The van der Waals surface area contributed by atoms with E-state index < -0.39 is 17.5 Å². The molecule has 6 heteroatoms. The molecule has 2 aromatic carbocycles. The van der Waals surface area contributed by atoms with Gasteiger partial charge in [0.2, 0.25) is 0 Å². The third-order valence-corrected chi connectivity index (χ3v) is 4.19. The van der Waals surface area contributed by atoms with Gasteiger partial charge in [0.25, 0.3) is 0 Å². The summed E-state index contributed by atoms with van der Waals surface area (Å²) >= 11 is 6.13. The number of halogens is 1. The molecule has 0 amide bonds. The number of benzene rings is 2. The third-order valence-electron chi connectivity index (χ3n) is 3.98. The molecule has 0 saturated heterocycles. The van der Waals surface area contributed by atoms with Gasteiger partial charge in [-0.2, -0.15) is 0 Å². The smallest absolute Gasteiger partial charge is 0.306 e. The molecule has 0 bridgehead atoms.